The molecule has 0 spiro atoms. The molecule has 0 aliphatic carbocycles. The Morgan fingerprint density at radius 3 is 2.45 bits per heavy atom. The highest BCUT2D eigenvalue weighted by Gasteiger charge is 2.03. The molecule has 0 fully saturated rings. The molecule has 0 aliphatic heterocycles. The highest BCUT2D eigenvalue weighted by Crippen LogP contribution is 2.07. The van der Waals surface area contributed by atoms with Crippen molar-refractivity contribution in [2.75, 3.05) is 13.7 Å². The molecule has 0 aromatic heterocycles. The van der Waals surface area contributed by atoms with Crippen LogP contribution in [0, 0.1) is 6.92 Å². The number of hydrogen-bond donors (Lipinski definition) is 1. The molecule has 0 unspecified atom stereocenters. The van der Waals surface area contributed by atoms with Crippen molar-refractivity contribution in [2.24, 2.45) is 0 Å². The Hall–Kier alpha value is -1.84. The molecule has 110 valence electrons. The van der Waals surface area contributed by atoms with Gasteiger partial charge >= 0.3 is 5.97 Å². The second-order valence-electron chi connectivity index (χ2n) is 4.87. The van der Waals surface area contributed by atoms with Gasteiger partial charge in [0.2, 0.25) is 5.91 Å². The van der Waals surface area contributed by atoms with E-state index in [9.17, 15) is 9.59 Å². The van der Waals surface area contributed by atoms with Crippen molar-refractivity contribution >= 4 is 11.9 Å². The zero-order valence-corrected chi connectivity index (χ0v) is 12.3. The van der Waals surface area contributed by atoms with Crippen molar-refractivity contribution in [3.63, 3.8) is 0 Å². The number of amides is 1. The van der Waals surface area contributed by atoms with E-state index in [0.29, 0.717) is 25.8 Å². The van der Waals surface area contributed by atoms with Gasteiger partial charge in [-0.3, -0.25) is 9.59 Å². The van der Waals surface area contributed by atoms with E-state index < -0.39 is 0 Å². The normalized spacial score (nSPS) is 10.1. The fourth-order valence-electron chi connectivity index (χ4n) is 1.86. The lowest BCUT2D eigenvalue weighted by atomic mass is 10.1. The van der Waals surface area contributed by atoms with Gasteiger partial charge in [0, 0.05) is 19.4 Å². The first-order valence-electron chi connectivity index (χ1n) is 7.01. The minimum absolute atomic E-state index is 0.0435. The Balaban J connectivity index is 2.08. The number of carbonyl (C=O) groups excluding carboxylic acids is 2. The van der Waals surface area contributed by atoms with Crippen LogP contribution in [-0.2, 0) is 20.7 Å². The zero-order chi connectivity index (χ0) is 14.8. The fourth-order valence-corrected chi connectivity index (χ4v) is 1.86. The smallest absolute Gasteiger partial charge is 0.305 e. The molecule has 1 rings (SSSR count). The van der Waals surface area contributed by atoms with Crippen molar-refractivity contribution in [3.8, 4) is 0 Å². The molecule has 0 heterocycles. The Bertz CT molecular complexity index is 426. The van der Waals surface area contributed by atoms with Crippen molar-refractivity contribution < 1.29 is 14.3 Å². The molecule has 1 N–H and O–H groups in total. The average molecular weight is 277 g/mol. The van der Waals surface area contributed by atoms with E-state index in [1.807, 2.05) is 0 Å². The predicted octanol–water partition coefficient (Wildman–Crippen LogP) is 2.39. The molecular formula is C16H23NO3. The maximum absolute atomic E-state index is 11.6. The van der Waals surface area contributed by atoms with E-state index in [-0.39, 0.29) is 11.9 Å². The molecule has 4 nitrogen and oxygen atoms in total. The van der Waals surface area contributed by atoms with E-state index in [1.54, 1.807) is 0 Å². The van der Waals surface area contributed by atoms with Gasteiger partial charge in [0.15, 0.2) is 0 Å². The number of methoxy groups -OCH3 is 1. The predicted molar refractivity (Wildman–Crippen MR) is 78.4 cm³/mol. The Morgan fingerprint density at radius 1 is 1.10 bits per heavy atom. The molecule has 0 bridgehead atoms. The second-order valence-corrected chi connectivity index (χ2v) is 4.87. The van der Waals surface area contributed by atoms with Crippen LogP contribution in [0.25, 0.3) is 0 Å². The first kappa shape index (κ1) is 16.2. The molecule has 4 heteroatoms. The third-order valence-electron chi connectivity index (χ3n) is 3.10. The van der Waals surface area contributed by atoms with Crippen LogP contribution in [0.1, 0.15) is 36.8 Å². The third kappa shape index (κ3) is 6.92. The minimum atomic E-state index is -0.237. The zero-order valence-electron chi connectivity index (χ0n) is 12.3. The van der Waals surface area contributed by atoms with Crippen molar-refractivity contribution in [2.45, 2.75) is 39.0 Å². The summed E-state index contributed by atoms with van der Waals surface area (Å²) in [5.41, 5.74) is 2.51. The maximum Gasteiger partial charge on any atom is 0.305 e. The van der Waals surface area contributed by atoms with E-state index in [1.165, 1.54) is 18.2 Å². The topological polar surface area (TPSA) is 55.4 Å². The van der Waals surface area contributed by atoms with Crippen molar-refractivity contribution in [1.82, 2.24) is 5.32 Å². The number of ether oxygens (including phenoxy) is 1. The molecule has 0 saturated carbocycles. The number of benzene rings is 1. The van der Waals surface area contributed by atoms with Crippen LogP contribution in [0.4, 0.5) is 0 Å². The molecule has 0 aliphatic rings. The summed E-state index contributed by atoms with van der Waals surface area (Å²) in [5.74, 6) is -0.194. The summed E-state index contributed by atoms with van der Waals surface area (Å²) >= 11 is 0. The highest BCUT2D eigenvalue weighted by atomic mass is 16.5. The van der Waals surface area contributed by atoms with Crippen LogP contribution < -0.4 is 5.32 Å². The number of aryl methyl sites for hydroxylation is 2. The van der Waals surface area contributed by atoms with Gasteiger partial charge in [0.05, 0.1) is 7.11 Å². The summed E-state index contributed by atoms with van der Waals surface area (Å²) in [7, 11) is 1.37. The molecular weight excluding hydrogens is 254 g/mol. The number of rotatable bonds is 8. The quantitative estimate of drug-likeness (QED) is 0.586. The lowest BCUT2D eigenvalue weighted by Gasteiger charge is -2.05. The summed E-state index contributed by atoms with van der Waals surface area (Å²) in [6.07, 6.45) is 3.24. The molecule has 0 atom stereocenters. The van der Waals surface area contributed by atoms with Gasteiger partial charge in [-0.25, -0.2) is 0 Å². The molecule has 0 saturated heterocycles. The Morgan fingerprint density at radius 2 is 1.80 bits per heavy atom. The molecule has 0 radical (unpaired) electrons. The first-order chi connectivity index (χ1) is 9.61. The Kier molecular flexibility index (Phi) is 7.40. The average Bonchev–Trinajstić information content (AvgIpc) is 2.45. The first-order valence-corrected chi connectivity index (χ1v) is 7.01. The van der Waals surface area contributed by atoms with Gasteiger partial charge in [0.1, 0.15) is 0 Å². The summed E-state index contributed by atoms with van der Waals surface area (Å²) in [6, 6.07) is 8.37. The highest BCUT2D eigenvalue weighted by molar-refractivity contribution is 5.76. The summed E-state index contributed by atoms with van der Waals surface area (Å²) < 4.78 is 4.53. The van der Waals surface area contributed by atoms with Crippen LogP contribution in [0.15, 0.2) is 24.3 Å². The van der Waals surface area contributed by atoms with Crippen LogP contribution in [0.2, 0.25) is 0 Å². The summed E-state index contributed by atoms with van der Waals surface area (Å²) in [4.78, 5) is 22.4. The molecule has 1 aromatic rings. The molecule has 20 heavy (non-hydrogen) atoms. The SMILES string of the molecule is COC(=O)CCCNC(=O)CCCc1ccc(C)cc1. The van der Waals surface area contributed by atoms with E-state index in [0.717, 1.165) is 12.8 Å². The van der Waals surface area contributed by atoms with Gasteiger partial charge < -0.3 is 10.1 Å². The number of carbonyl (C=O) groups is 2. The van der Waals surface area contributed by atoms with Crippen LogP contribution >= 0.6 is 0 Å². The van der Waals surface area contributed by atoms with E-state index >= 15 is 0 Å². The fraction of sp³-hybridized carbons (Fsp3) is 0.500. The van der Waals surface area contributed by atoms with E-state index in [2.05, 4.69) is 41.2 Å². The molecule has 1 amide bonds. The van der Waals surface area contributed by atoms with Crippen LogP contribution in [0.3, 0.4) is 0 Å². The van der Waals surface area contributed by atoms with E-state index in [4.69, 9.17) is 0 Å². The number of esters is 1. The van der Waals surface area contributed by atoms with Gasteiger partial charge in [-0.05, 0) is 31.7 Å². The molecule has 1 aromatic carbocycles. The summed E-state index contributed by atoms with van der Waals surface area (Å²) in [5, 5.41) is 2.81. The van der Waals surface area contributed by atoms with Crippen molar-refractivity contribution in [1.29, 1.82) is 0 Å². The number of nitrogens with one attached hydrogen (secondary N) is 1. The lowest BCUT2D eigenvalue weighted by molar-refractivity contribution is -0.140. The third-order valence-corrected chi connectivity index (χ3v) is 3.10. The largest absolute Gasteiger partial charge is 0.469 e. The van der Waals surface area contributed by atoms with Crippen LogP contribution in [-0.4, -0.2) is 25.5 Å². The van der Waals surface area contributed by atoms with Crippen molar-refractivity contribution in [3.05, 3.63) is 35.4 Å². The van der Waals surface area contributed by atoms with Gasteiger partial charge in [-0.15, -0.1) is 0 Å². The minimum Gasteiger partial charge on any atom is -0.469 e. The maximum atomic E-state index is 11.6. The lowest BCUT2D eigenvalue weighted by Crippen LogP contribution is -2.24. The van der Waals surface area contributed by atoms with Gasteiger partial charge in [0.25, 0.3) is 0 Å². The van der Waals surface area contributed by atoms with Gasteiger partial charge in [-0.1, -0.05) is 29.8 Å². The van der Waals surface area contributed by atoms with Crippen LogP contribution in [0.5, 0.6) is 0 Å². The standard InChI is InChI=1S/C16H23NO3/c1-13-8-10-14(11-9-13)5-3-6-15(18)17-12-4-7-16(19)20-2/h8-11H,3-7,12H2,1-2H3,(H,17,18). The van der Waals surface area contributed by atoms with Gasteiger partial charge in [-0.2, -0.15) is 0 Å². The Labute approximate surface area is 120 Å². The second kappa shape index (κ2) is 9.13. The summed E-state index contributed by atoms with van der Waals surface area (Å²) in [6.45, 7) is 2.59. The number of hydrogen-bond acceptors (Lipinski definition) is 3. The monoisotopic (exact) mass is 277 g/mol.